The van der Waals surface area contributed by atoms with E-state index in [-0.39, 0.29) is 5.84 Å². The summed E-state index contributed by atoms with van der Waals surface area (Å²) < 4.78 is 0. The van der Waals surface area contributed by atoms with E-state index in [4.69, 9.17) is 11.1 Å². The van der Waals surface area contributed by atoms with Gasteiger partial charge in [-0.3, -0.25) is 5.41 Å². The number of hydrogen-bond donors (Lipinski definition) is 2. The lowest BCUT2D eigenvalue weighted by atomic mass is 10.4. The Balaban J connectivity index is 2.14. The molecule has 0 fully saturated rings. The average molecular weight is 231 g/mol. The molecule has 0 aromatic carbocycles. The third-order valence-corrected chi connectivity index (χ3v) is 2.62. The third kappa shape index (κ3) is 2.54. The second kappa shape index (κ2) is 4.71. The van der Waals surface area contributed by atoms with Crippen molar-refractivity contribution in [2.45, 2.75) is 10.1 Å². The molecule has 0 aliphatic heterocycles. The van der Waals surface area contributed by atoms with Gasteiger partial charge in [-0.25, -0.2) is 15.0 Å². The largest absolute Gasteiger partial charge is 0.382 e. The van der Waals surface area contributed by atoms with Gasteiger partial charge in [-0.05, 0) is 23.9 Å². The van der Waals surface area contributed by atoms with Gasteiger partial charge in [-0.1, -0.05) is 6.07 Å². The van der Waals surface area contributed by atoms with Gasteiger partial charge in [0.25, 0.3) is 0 Å². The van der Waals surface area contributed by atoms with Gasteiger partial charge in [-0.2, -0.15) is 0 Å². The van der Waals surface area contributed by atoms with Crippen LogP contribution in [0.25, 0.3) is 0 Å². The molecule has 80 valence electrons. The summed E-state index contributed by atoms with van der Waals surface area (Å²) >= 11 is 1.41. The number of pyridine rings is 1. The molecule has 2 aromatic heterocycles. The molecule has 0 bridgehead atoms. The fourth-order valence-electron chi connectivity index (χ4n) is 1.02. The van der Waals surface area contributed by atoms with Crippen molar-refractivity contribution in [3.05, 3.63) is 42.5 Å². The van der Waals surface area contributed by atoms with Crippen LogP contribution >= 0.6 is 11.8 Å². The Morgan fingerprint density at radius 2 is 2.00 bits per heavy atom. The first-order valence-electron chi connectivity index (χ1n) is 4.51. The minimum Gasteiger partial charge on any atom is -0.382 e. The Bertz CT molecular complexity index is 482. The van der Waals surface area contributed by atoms with Crippen molar-refractivity contribution in [1.82, 2.24) is 15.0 Å². The first-order chi connectivity index (χ1) is 7.75. The molecule has 0 amide bonds. The monoisotopic (exact) mass is 231 g/mol. The summed E-state index contributed by atoms with van der Waals surface area (Å²) in [5.74, 6) is -0.0816. The molecule has 0 saturated heterocycles. The van der Waals surface area contributed by atoms with Crippen LogP contribution in [0.15, 0.2) is 46.8 Å². The molecule has 0 atom stereocenters. The minimum atomic E-state index is -0.0816. The predicted octanol–water partition coefficient (Wildman–Crippen LogP) is 1.31. The second-order valence-corrected chi connectivity index (χ2v) is 3.96. The minimum absolute atomic E-state index is 0.0816. The van der Waals surface area contributed by atoms with Crippen LogP contribution in [0.5, 0.6) is 0 Å². The molecule has 0 unspecified atom stereocenters. The molecule has 6 heteroatoms. The first kappa shape index (κ1) is 10.6. The maximum Gasteiger partial charge on any atom is 0.143 e. The van der Waals surface area contributed by atoms with Crippen molar-refractivity contribution >= 4 is 17.6 Å². The van der Waals surface area contributed by atoms with Crippen molar-refractivity contribution in [3.63, 3.8) is 0 Å². The highest BCUT2D eigenvalue weighted by Gasteiger charge is 2.02. The van der Waals surface area contributed by atoms with Gasteiger partial charge in [0.2, 0.25) is 0 Å². The number of nitrogen functional groups attached to an aromatic ring is 1. The fraction of sp³-hybridized carbons (Fsp3) is 0. The zero-order valence-corrected chi connectivity index (χ0v) is 9.11. The number of amidine groups is 1. The quantitative estimate of drug-likeness (QED) is 0.614. The Kier molecular flexibility index (Phi) is 3.11. The molecule has 2 aromatic rings. The van der Waals surface area contributed by atoms with Crippen LogP contribution in [0.3, 0.4) is 0 Å². The van der Waals surface area contributed by atoms with Gasteiger partial charge < -0.3 is 5.73 Å². The van der Waals surface area contributed by atoms with Crippen molar-refractivity contribution in [2.75, 3.05) is 0 Å². The summed E-state index contributed by atoms with van der Waals surface area (Å²) in [7, 11) is 0. The number of nitrogens with one attached hydrogen (secondary N) is 1. The van der Waals surface area contributed by atoms with Crippen molar-refractivity contribution < 1.29 is 0 Å². The highest BCUT2D eigenvalue weighted by Crippen LogP contribution is 2.22. The van der Waals surface area contributed by atoms with Crippen molar-refractivity contribution in [1.29, 1.82) is 5.41 Å². The average Bonchev–Trinajstić information content (AvgIpc) is 2.31. The Labute approximate surface area is 96.7 Å². The topological polar surface area (TPSA) is 88.5 Å². The maximum atomic E-state index is 7.18. The fourth-order valence-corrected chi connectivity index (χ4v) is 1.71. The lowest BCUT2D eigenvalue weighted by Gasteiger charge is -2.00. The molecule has 0 aliphatic carbocycles. The molecule has 0 spiro atoms. The lowest BCUT2D eigenvalue weighted by molar-refractivity contribution is 1.03. The molecule has 2 heterocycles. The van der Waals surface area contributed by atoms with Gasteiger partial charge >= 0.3 is 0 Å². The van der Waals surface area contributed by atoms with Crippen LogP contribution in [0.2, 0.25) is 0 Å². The molecule has 16 heavy (non-hydrogen) atoms. The Morgan fingerprint density at radius 3 is 2.56 bits per heavy atom. The molecular formula is C10H9N5S. The summed E-state index contributed by atoms with van der Waals surface area (Å²) in [4.78, 5) is 12.3. The van der Waals surface area contributed by atoms with Gasteiger partial charge in [0.1, 0.15) is 21.6 Å². The summed E-state index contributed by atoms with van der Waals surface area (Å²) in [6.45, 7) is 0. The van der Waals surface area contributed by atoms with E-state index in [1.165, 1.54) is 18.0 Å². The molecular weight excluding hydrogens is 222 g/mol. The second-order valence-electron chi connectivity index (χ2n) is 2.92. The molecule has 3 N–H and O–H groups in total. The van der Waals surface area contributed by atoms with Crippen molar-refractivity contribution in [2.24, 2.45) is 5.73 Å². The molecule has 0 saturated carbocycles. The summed E-state index contributed by atoms with van der Waals surface area (Å²) in [6, 6.07) is 5.66. The van der Waals surface area contributed by atoms with Crippen LogP contribution in [0.1, 0.15) is 5.69 Å². The highest BCUT2D eigenvalue weighted by molar-refractivity contribution is 7.99. The number of nitrogens with two attached hydrogens (primary N) is 1. The standard InChI is InChI=1S/C10H9N5S/c11-10(12)7-5-15-9(6-14-7)16-8-3-1-2-4-13-8/h1-6H,(H3,11,12). The van der Waals surface area contributed by atoms with Gasteiger partial charge in [0.05, 0.1) is 12.4 Å². The zero-order chi connectivity index (χ0) is 11.4. The van der Waals surface area contributed by atoms with Crippen molar-refractivity contribution in [3.8, 4) is 0 Å². The number of nitrogens with zero attached hydrogens (tertiary/aromatic N) is 3. The van der Waals surface area contributed by atoms with E-state index in [0.717, 1.165) is 10.1 Å². The zero-order valence-electron chi connectivity index (χ0n) is 8.29. The van der Waals surface area contributed by atoms with E-state index < -0.39 is 0 Å². The first-order valence-corrected chi connectivity index (χ1v) is 5.32. The predicted molar refractivity (Wildman–Crippen MR) is 61.4 cm³/mol. The van der Waals surface area contributed by atoms with E-state index >= 15 is 0 Å². The molecule has 5 nitrogen and oxygen atoms in total. The molecule has 2 rings (SSSR count). The third-order valence-electron chi connectivity index (χ3n) is 1.75. The Hall–Kier alpha value is -1.95. The highest BCUT2D eigenvalue weighted by atomic mass is 32.2. The Morgan fingerprint density at radius 1 is 1.12 bits per heavy atom. The summed E-state index contributed by atoms with van der Waals surface area (Å²) in [5.41, 5.74) is 5.66. The SMILES string of the molecule is N=C(N)c1cnc(Sc2ccccn2)cn1. The number of rotatable bonds is 3. The van der Waals surface area contributed by atoms with Crippen LogP contribution in [-0.4, -0.2) is 20.8 Å². The smallest absolute Gasteiger partial charge is 0.143 e. The molecule has 0 aliphatic rings. The summed E-state index contributed by atoms with van der Waals surface area (Å²) in [6.07, 6.45) is 4.78. The van der Waals surface area contributed by atoms with Crippen LogP contribution in [0.4, 0.5) is 0 Å². The van der Waals surface area contributed by atoms with Crippen LogP contribution in [-0.2, 0) is 0 Å². The van der Waals surface area contributed by atoms with Crippen LogP contribution in [0, 0.1) is 5.41 Å². The van der Waals surface area contributed by atoms with E-state index in [2.05, 4.69) is 15.0 Å². The number of hydrogen-bond acceptors (Lipinski definition) is 5. The van der Waals surface area contributed by atoms with Crippen LogP contribution < -0.4 is 5.73 Å². The van der Waals surface area contributed by atoms with Gasteiger partial charge in [-0.15, -0.1) is 0 Å². The lowest BCUT2D eigenvalue weighted by Crippen LogP contribution is -2.13. The van der Waals surface area contributed by atoms with Gasteiger partial charge in [0.15, 0.2) is 0 Å². The molecule has 0 radical (unpaired) electrons. The van der Waals surface area contributed by atoms with E-state index in [1.807, 2.05) is 18.2 Å². The van der Waals surface area contributed by atoms with Gasteiger partial charge in [0, 0.05) is 6.20 Å². The van der Waals surface area contributed by atoms with E-state index in [1.54, 1.807) is 12.4 Å². The summed E-state index contributed by atoms with van der Waals surface area (Å²) in [5, 5.41) is 8.76. The number of aromatic nitrogens is 3. The normalized spacial score (nSPS) is 10.0. The maximum absolute atomic E-state index is 7.18. The van der Waals surface area contributed by atoms with E-state index in [0.29, 0.717) is 5.69 Å². The van der Waals surface area contributed by atoms with E-state index in [9.17, 15) is 0 Å².